The Morgan fingerprint density at radius 1 is 1.36 bits per heavy atom. The van der Waals surface area contributed by atoms with E-state index in [1.165, 1.54) is 5.71 Å². The predicted octanol–water partition coefficient (Wildman–Crippen LogP) is -0.450. The van der Waals surface area contributed by atoms with Crippen molar-refractivity contribution in [3.05, 3.63) is 12.2 Å². The Morgan fingerprint density at radius 3 is 2.27 bits per heavy atom. The van der Waals surface area contributed by atoms with Crippen LogP contribution in [0.3, 0.4) is 0 Å². The summed E-state index contributed by atoms with van der Waals surface area (Å²) in [5.74, 6) is 0. The third kappa shape index (κ3) is 3.99. The fourth-order valence-electron chi connectivity index (χ4n) is 1.04. The molecule has 0 saturated heterocycles. The summed E-state index contributed by atoms with van der Waals surface area (Å²) in [5, 5.41) is 0. The van der Waals surface area contributed by atoms with Crippen LogP contribution < -0.4 is 51.4 Å². The standard InChI is InChI=1S/C9H15N.K.H/c1-9(2,3)8-6-4-5-7-10-8;;/h4-5H,6-7H2,1-3H3;;/q;+1;-1. The first kappa shape index (κ1) is 12.0. The average Bonchev–Trinajstić information content (AvgIpc) is 1.88. The number of rotatable bonds is 0. The quantitative estimate of drug-likeness (QED) is 0.351. The maximum atomic E-state index is 4.43. The minimum atomic E-state index is 0. The van der Waals surface area contributed by atoms with E-state index in [1.54, 1.807) is 0 Å². The number of aliphatic imine (C=N–C) groups is 1. The molecule has 0 saturated carbocycles. The number of hydrogen-bond acceptors (Lipinski definition) is 1. The Morgan fingerprint density at radius 2 is 2.00 bits per heavy atom. The van der Waals surface area contributed by atoms with Gasteiger partial charge in [0.25, 0.3) is 0 Å². The monoisotopic (exact) mass is 177 g/mol. The normalized spacial score (nSPS) is 17.2. The van der Waals surface area contributed by atoms with E-state index in [1.807, 2.05) is 0 Å². The topological polar surface area (TPSA) is 12.4 Å². The van der Waals surface area contributed by atoms with Crippen molar-refractivity contribution in [2.45, 2.75) is 27.2 Å². The number of allylic oxidation sites excluding steroid dienone is 1. The number of hydrogen-bond donors (Lipinski definition) is 0. The molecule has 0 atom stereocenters. The summed E-state index contributed by atoms with van der Waals surface area (Å²) in [6.07, 6.45) is 5.37. The van der Waals surface area contributed by atoms with Crippen LogP contribution in [-0.2, 0) is 0 Å². The molecule has 0 aromatic rings. The van der Waals surface area contributed by atoms with Crippen molar-refractivity contribution < 1.29 is 52.8 Å². The van der Waals surface area contributed by atoms with Crippen molar-refractivity contribution in [1.82, 2.24) is 0 Å². The minimum Gasteiger partial charge on any atom is -1.00 e. The fourth-order valence-corrected chi connectivity index (χ4v) is 1.04. The Bertz CT molecular complexity index is 179. The predicted molar refractivity (Wildman–Crippen MR) is 46.6 cm³/mol. The molecule has 2 heteroatoms. The maximum Gasteiger partial charge on any atom is 1.00 e. The van der Waals surface area contributed by atoms with Crippen molar-refractivity contribution in [3.8, 4) is 0 Å². The van der Waals surface area contributed by atoms with Crippen LogP contribution in [0.5, 0.6) is 0 Å². The van der Waals surface area contributed by atoms with Crippen molar-refractivity contribution in [3.63, 3.8) is 0 Å². The van der Waals surface area contributed by atoms with Crippen LogP contribution in [-0.4, -0.2) is 12.3 Å². The second-order valence-corrected chi connectivity index (χ2v) is 3.71. The third-order valence-corrected chi connectivity index (χ3v) is 1.73. The van der Waals surface area contributed by atoms with Gasteiger partial charge in [-0.15, -0.1) is 0 Å². The molecule has 0 aromatic heterocycles. The van der Waals surface area contributed by atoms with Crippen LogP contribution in [0.1, 0.15) is 28.6 Å². The van der Waals surface area contributed by atoms with E-state index in [4.69, 9.17) is 0 Å². The van der Waals surface area contributed by atoms with E-state index in [2.05, 4.69) is 37.9 Å². The zero-order valence-corrected chi connectivity index (χ0v) is 11.1. The summed E-state index contributed by atoms with van der Waals surface area (Å²) in [6.45, 7) is 7.52. The van der Waals surface area contributed by atoms with Gasteiger partial charge in [-0.2, -0.15) is 0 Å². The fraction of sp³-hybridized carbons (Fsp3) is 0.667. The van der Waals surface area contributed by atoms with E-state index in [0.29, 0.717) is 0 Å². The first-order chi connectivity index (χ1) is 4.61. The van der Waals surface area contributed by atoms with E-state index >= 15 is 0 Å². The van der Waals surface area contributed by atoms with Crippen LogP contribution in [0.15, 0.2) is 17.1 Å². The molecule has 1 heterocycles. The Kier molecular flexibility index (Phi) is 5.39. The van der Waals surface area contributed by atoms with Gasteiger partial charge >= 0.3 is 51.4 Å². The molecule has 0 spiro atoms. The summed E-state index contributed by atoms with van der Waals surface area (Å²) in [6, 6.07) is 0. The molecule has 1 rings (SSSR count). The van der Waals surface area contributed by atoms with E-state index < -0.39 is 0 Å². The van der Waals surface area contributed by atoms with Gasteiger partial charge in [-0.05, 0) is 0 Å². The summed E-state index contributed by atoms with van der Waals surface area (Å²) >= 11 is 0. The first-order valence-corrected chi connectivity index (χ1v) is 3.79. The van der Waals surface area contributed by atoms with E-state index in [-0.39, 0.29) is 58.2 Å². The van der Waals surface area contributed by atoms with Gasteiger partial charge in [0.15, 0.2) is 0 Å². The molecule has 0 bridgehead atoms. The molecule has 1 aliphatic heterocycles. The van der Waals surface area contributed by atoms with Crippen molar-refractivity contribution in [2.24, 2.45) is 10.4 Å². The first-order valence-electron chi connectivity index (χ1n) is 3.79. The minimum absolute atomic E-state index is 0. The summed E-state index contributed by atoms with van der Waals surface area (Å²) < 4.78 is 0. The van der Waals surface area contributed by atoms with Crippen molar-refractivity contribution in [2.75, 3.05) is 6.54 Å². The molecule has 0 N–H and O–H groups in total. The summed E-state index contributed by atoms with van der Waals surface area (Å²) in [5.41, 5.74) is 1.60. The zero-order valence-electron chi connectivity index (χ0n) is 9.02. The summed E-state index contributed by atoms with van der Waals surface area (Å²) in [4.78, 5) is 4.43. The van der Waals surface area contributed by atoms with Gasteiger partial charge in [-0.25, -0.2) is 0 Å². The third-order valence-electron chi connectivity index (χ3n) is 1.73. The van der Waals surface area contributed by atoms with Gasteiger partial charge in [0, 0.05) is 17.5 Å². The van der Waals surface area contributed by atoms with Gasteiger partial charge in [0.1, 0.15) is 0 Å². The molecule has 0 fully saturated rings. The molecule has 1 aliphatic rings. The molecule has 0 aromatic carbocycles. The maximum absolute atomic E-state index is 4.43. The van der Waals surface area contributed by atoms with Gasteiger partial charge in [-0.1, -0.05) is 32.9 Å². The molecule has 11 heavy (non-hydrogen) atoms. The molecule has 0 amide bonds. The molecule has 58 valence electrons. The van der Waals surface area contributed by atoms with Crippen LogP contribution in [0.4, 0.5) is 0 Å². The largest absolute Gasteiger partial charge is 1.00 e. The second kappa shape index (κ2) is 4.92. The van der Waals surface area contributed by atoms with E-state index in [9.17, 15) is 0 Å². The molecule has 0 radical (unpaired) electrons. The van der Waals surface area contributed by atoms with Crippen molar-refractivity contribution in [1.29, 1.82) is 0 Å². The smallest absolute Gasteiger partial charge is 1.00 e. The molecular formula is C9H16KN. The Hall–Kier alpha value is 1.05. The second-order valence-electron chi connectivity index (χ2n) is 3.71. The van der Waals surface area contributed by atoms with Gasteiger partial charge < -0.3 is 1.43 Å². The Balaban J connectivity index is 0. The van der Waals surface area contributed by atoms with Crippen LogP contribution in [0.2, 0.25) is 0 Å². The van der Waals surface area contributed by atoms with Crippen molar-refractivity contribution >= 4 is 5.71 Å². The average molecular weight is 177 g/mol. The molecule has 0 aliphatic carbocycles. The van der Waals surface area contributed by atoms with Crippen LogP contribution >= 0.6 is 0 Å². The SMILES string of the molecule is CC(C)(C)C1=NCC=CC1.[H-].[K+]. The van der Waals surface area contributed by atoms with Gasteiger partial charge in [0.2, 0.25) is 0 Å². The molecule has 1 nitrogen and oxygen atoms in total. The Labute approximate surface area is 113 Å². The zero-order chi connectivity index (χ0) is 7.61. The number of dihydropyridines is 1. The van der Waals surface area contributed by atoms with Crippen LogP contribution in [0.25, 0.3) is 0 Å². The van der Waals surface area contributed by atoms with E-state index in [0.717, 1.165) is 13.0 Å². The van der Waals surface area contributed by atoms with Gasteiger partial charge in [0.05, 0.1) is 6.54 Å². The number of nitrogens with zero attached hydrogens (tertiary/aromatic N) is 1. The summed E-state index contributed by atoms with van der Waals surface area (Å²) in [7, 11) is 0. The van der Waals surface area contributed by atoms with Crippen LogP contribution in [0, 0.1) is 5.41 Å². The van der Waals surface area contributed by atoms with Gasteiger partial charge in [-0.3, -0.25) is 4.99 Å². The molecular weight excluding hydrogens is 161 g/mol. The molecule has 0 unspecified atom stereocenters.